The molecule has 1 aromatic rings. The molecule has 4 heteroatoms. The monoisotopic (exact) mass is 332 g/mol. The molecular weight excluding hydrogens is 318 g/mol. The molecule has 16 heavy (non-hydrogen) atoms. The summed E-state index contributed by atoms with van der Waals surface area (Å²) in [6.07, 6.45) is 1.21. The van der Waals surface area contributed by atoms with Gasteiger partial charge >= 0.3 is 0 Å². The molecule has 2 heterocycles. The first kappa shape index (κ1) is 10.6. The van der Waals surface area contributed by atoms with Gasteiger partial charge in [0.25, 0.3) is 0 Å². The molecule has 0 radical (unpaired) electrons. The van der Waals surface area contributed by atoms with E-state index in [-0.39, 0.29) is 5.82 Å². The van der Waals surface area contributed by atoms with E-state index in [9.17, 15) is 4.39 Å². The third-order valence-corrected chi connectivity index (χ3v) is 4.56. The van der Waals surface area contributed by atoms with Gasteiger partial charge in [-0.1, -0.05) is 6.92 Å². The molecule has 0 saturated carbocycles. The first-order chi connectivity index (χ1) is 7.66. The van der Waals surface area contributed by atoms with Gasteiger partial charge in [0.05, 0.1) is 14.9 Å². The zero-order chi connectivity index (χ0) is 11.3. The average molecular weight is 332 g/mol. The summed E-state index contributed by atoms with van der Waals surface area (Å²) in [5.41, 5.74) is 2.12. The molecule has 1 fully saturated rings. The number of rotatable bonds is 0. The molecule has 1 saturated heterocycles. The number of halogens is 2. The lowest BCUT2D eigenvalue weighted by Gasteiger charge is -2.36. The largest absolute Gasteiger partial charge is 0.381 e. The summed E-state index contributed by atoms with van der Waals surface area (Å²) in [6.45, 7) is 4.32. The number of nitrogens with one attached hydrogen (secondary N) is 1. The Morgan fingerprint density at radius 3 is 3.12 bits per heavy atom. The predicted octanol–water partition coefficient (Wildman–Crippen LogP) is 3.07. The van der Waals surface area contributed by atoms with E-state index in [1.807, 2.05) is 28.7 Å². The molecule has 0 amide bonds. The number of anilines is 2. The normalized spacial score (nSPS) is 27.3. The van der Waals surface area contributed by atoms with Crippen molar-refractivity contribution in [2.24, 2.45) is 5.92 Å². The highest BCUT2D eigenvalue weighted by Gasteiger charge is 2.35. The van der Waals surface area contributed by atoms with Crippen LogP contribution in [0.1, 0.15) is 13.3 Å². The van der Waals surface area contributed by atoms with Crippen LogP contribution in [0.2, 0.25) is 0 Å². The van der Waals surface area contributed by atoms with Crippen molar-refractivity contribution in [3.63, 3.8) is 0 Å². The van der Waals surface area contributed by atoms with Crippen molar-refractivity contribution in [3.8, 4) is 0 Å². The molecule has 3 rings (SSSR count). The van der Waals surface area contributed by atoms with E-state index in [1.165, 1.54) is 6.42 Å². The van der Waals surface area contributed by atoms with Gasteiger partial charge < -0.3 is 10.2 Å². The van der Waals surface area contributed by atoms with Crippen LogP contribution in [-0.2, 0) is 0 Å². The van der Waals surface area contributed by atoms with Crippen molar-refractivity contribution in [3.05, 3.63) is 21.5 Å². The summed E-state index contributed by atoms with van der Waals surface area (Å²) in [5.74, 6) is 0.587. The van der Waals surface area contributed by atoms with E-state index in [2.05, 4.69) is 17.1 Å². The van der Waals surface area contributed by atoms with Crippen molar-refractivity contribution >= 4 is 34.0 Å². The van der Waals surface area contributed by atoms with Crippen LogP contribution in [0, 0.1) is 15.3 Å². The third kappa shape index (κ3) is 1.49. The fourth-order valence-corrected chi connectivity index (χ4v) is 3.22. The van der Waals surface area contributed by atoms with Crippen molar-refractivity contribution in [2.45, 2.75) is 19.4 Å². The summed E-state index contributed by atoms with van der Waals surface area (Å²) in [6, 6.07) is 4.12. The SMILES string of the molecule is CC1CCN2c3cc(F)c(I)cc3NCC12. The molecule has 1 N–H and O–H groups in total. The van der Waals surface area contributed by atoms with Gasteiger partial charge in [0.15, 0.2) is 0 Å². The van der Waals surface area contributed by atoms with Crippen LogP contribution in [0.3, 0.4) is 0 Å². The van der Waals surface area contributed by atoms with Gasteiger partial charge in [-0.25, -0.2) is 4.39 Å². The summed E-state index contributed by atoms with van der Waals surface area (Å²) < 4.78 is 14.3. The minimum absolute atomic E-state index is 0.110. The number of fused-ring (bicyclic) bond motifs is 3. The van der Waals surface area contributed by atoms with Gasteiger partial charge in [-0.05, 0) is 41.0 Å². The van der Waals surface area contributed by atoms with Crippen LogP contribution in [0.5, 0.6) is 0 Å². The van der Waals surface area contributed by atoms with E-state index in [0.29, 0.717) is 15.5 Å². The highest BCUT2D eigenvalue weighted by atomic mass is 127. The van der Waals surface area contributed by atoms with Crippen LogP contribution in [0.15, 0.2) is 12.1 Å². The Morgan fingerprint density at radius 1 is 1.50 bits per heavy atom. The maximum absolute atomic E-state index is 13.6. The molecule has 0 aromatic heterocycles. The van der Waals surface area contributed by atoms with Gasteiger partial charge in [0.2, 0.25) is 0 Å². The van der Waals surface area contributed by atoms with E-state index in [1.54, 1.807) is 6.07 Å². The number of hydrogen-bond donors (Lipinski definition) is 1. The fraction of sp³-hybridized carbons (Fsp3) is 0.500. The van der Waals surface area contributed by atoms with E-state index >= 15 is 0 Å². The Labute approximate surface area is 108 Å². The minimum Gasteiger partial charge on any atom is -0.381 e. The molecule has 1 aromatic carbocycles. The molecule has 2 unspecified atom stereocenters. The van der Waals surface area contributed by atoms with Gasteiger partial charge in [-0.2, -0.15) is 0 Å². The van der Waals surface area contributed by atoms with Crippen molar-refractivity contribution in [2.75, 3.05) is 23.3 Å². The standard InChI is InChI=1S/C12H14FIN2/c1-7-2-3-16-11-4-8(13)9(14)5-10(11)15-6-12(7)16/h4-5,7,12,15H,2-3,6H2,1H3. The second-order valence-corrected chi connectivity index (χ2v) is 5.85. The molecule has 2 atom stereocenters. The molecule has 86 valence electrons. The first-order valence-electron chi connectivity index (χ1n) is 5.66. The topological polar surface area (TPSA) is 15.3 Å². The summed E-state index contributed by atoms with van der Waals surface area (Å²) in [4.78, 5) is 2.36. The van der Waals surface area contributed by atoms with Crippen LogP contribution in [-0.4, -0.2) is 19.1 Å². The minimum atomic E-state index is -0.110. The van der Waals surface area contributed by atoms with E-state index in [4.69, 9.17) is 0 Å². The summed E-state index contributed by atoms with van der Waals surface area (Å²) in [5, 5.41) is 3.42. The Morgan fingerprint density at radius 2 is 2.31 bits per heavy atom. The van der Waals surface area contributed by atoms with E-state index in [0.717, 1.165) is 24.5 Å². The van der Waals surface area contributed by atoms with Gasteiger partial charge in [0.1, 0.15) is 5.82 Å². The van der Waals surface area contributed by atoms with Crippen LogP contribution in [0.4, 0.5) is 15.8 Å². The zero-order valence-electron chi connectivity index (χ0n) is 9.13. The lowest BCUT2D eigenvalue weighted by atomic mass is 10.0. The van der Waals surface area contributed by atoms with Gasteiger partial charge in [-0.15, -0.1) is 0 Å². The second-order valence-electron chi connectivity index (χ2n) is 4.69. The maximum Gasteiger partial charge on any atom is 0.138 e. The molecule has 0 bridgehead atoms. The second kappa shape index (κ2) is 3.75. The third-order valence-electron chi connectivity index (χ3n) is 3.73. The molecule has 0 spiro atoms. The van der Waals surface area contributed by atoms with Gasteiger partial charge in [0, 0.05) is 25.2 Å². The van der Waals surface area contributed by atoms with Crippen molar-refractivity contribution in [1.29, 1.82) is 0 Å². The number of benzene rings is 1. The van der Waals surface area contributed by atoms with Crippen molar-refractivity contribution < 1.29 is 4.39 Å². The van der Waals surface area contributed by atoms with Crippen LogP contribution < -0.4 is 10.2 Å². The molecular formula is C12H14FIN2. The first-order valence-corrected chi connectivity index (χ1v) is 6.74. The lowest BCUT2D eigenvalue weighted by Crippen LogP contribution is -2.41. The van der Waals surface area contributed by atoms with Crippen LogP contribution in [0.25, 0.3) is 0 Å². The summed E-state index contributed by atoms with van der Waals surface area (Å²) >= 11 is 2.04. The Kier molecular flexibility index (Phi) is 2.49. The number of hydrogen-bond acceptors (Lipinski definition) is 2. The smallest absolute Gasteiger partial charge is 0.138 e. The molecule has 0 aliphatic carbocycles. The van der Waals surface area contributed by atoms with Crippen molar-refractivity contribution in [1.82, 2.24) is 0 Å². The lowest BCUT2D eigenvalue weighted by molar-refractivity contribution is 0.522. The predicted molar refractivity (Wildman–Crippen MR) is 72.5 cm³/mol. The Bertz CT molecular complexity index is 435. The van der Waals surface area contributed by atoms with E-state index < -0.39 is 0 Å². The highest BCUT2D eigenvalue weighted by Crippen LogP contribution is 2.39. The molecule has 2 aliphatic rings. The number of nitrogens with zero attached hydrogens (tertiary/aromatic N) is 1. The zero-order valence-corrected chi connectivity index (χ0v) is 11.3. The fourth-order valence-electron chi connectivity index (χ4n) is 2.75. The quantitative estimate of drug-likeness (QED) is 0.735. The molecule has 2 aliphatic heterocycles. The maximum atomic E-state index is 13.6. The van der Waals surface area contributed by atoms with Gasteiger partial charge in [-0.3, -0.25) is 0 Å². The Balaban J connectivity index is 2.06. The summed E-state index contributed by atoms with van der Waals surface area (Å²) in [7, 11) is 0. The highest BCUT2D eigenvalue weighted by molar-refractivity contribution is 14.1. The molecule has 2 nitrogen and oxygen atoms in total. The van der Waals surface area contributed by atoms with Crippen LogP contribution >= 0.6 is 22.6 Å². The Hall–Kier alpha value is -0.520. The average Bonchev–Trinajstić information content (AvgIpc) is 2.63.